The quantitative estimate of drug-likeness (QED) is 0.559. The summed E-state index contributed by atoms with van der Waals surface area (Å²) in [7, 11) is 1.55. The third-order valence-corrected chi connectivity index (χ3v) is 5.32. The largest absolute Gasteiger partial charge is 0.497 e. The van der Waals surface area contributed by atoms with Crippen LogP contribution in [0.3, 0.4) is 0 Å². The fourth-order valence-electron chi connectivity index (χ4n) is 3.72. The molecule has 1 atom stereocenters. The van der Waals surface area contributed by atoms with E-state index in [4.69, 9.17) is 9.47 Å². The molecule has 5 heteroatoms. The van der Waals surface area contributed by atoms with Crippen molar-refractivity contribution in [3.05, 3.63) is 101 Å². The first-order valence-electron chi connectivity index (χ1n) is 9.89. The predicted octanol–water partition coefficient (Wildman–Crippen LogP) is 4.12. The van der Waals surface area contributed by atoms with Crippen LogP contribution in [0.5, 0.6) is 5.75 Å². The molecule has 0 aromatic heterocycles. The van der Waals surface area contributed by atoms with Gasteiger partial charge in [-0.2, -0.15) is 0 Å². The monoisotopic (exact) mass is 401 g/mol. The molecule has 4 rings (SSSR count). The Bertz CT molecular complexity index is 1050. The number of methoxy groups -OCH3 is 1. The van der Waals surface area contributed by atoms with Crippen LogP contribution in [0.2, 0.25) is 0 Å². The number of nitrogens with zero attached hydrogens (tertiary/aromatic N) is 1. The summed E-state index contributed by atoms with van der Waals surface area (Å²) >= 11 is 0. The summed E-state index contributed by atoms with van der Waals surface area (Å²) in [5.41, 5.74) is 3.22. The molecule has 0 aliphatic carbocycles. The second-order valence-corrected chi connectivity index (χ2v) is 7.26. The van der Waals surface area contributed by atoms with Gasteiger partial charge in [-0.05, 0) is 41.8 Å². The van der Waals surface area contributed by atoms with E-state index in [9.17, 15) is 9.59 Å². The van der Waals surface area contributed by atoms with Crippen LogP contribution in [0.25, 0.3) is 0 Å². The Morgan fingerprint density at radius 1 is 1.00 bits per heavy atom. The van der Waals surface area contributed by atoms with Gasteiger partial charge in [-0.1, -0.05) is 54.6 Å². The highest BCUT2D eigenvalue weighted by Crippen LogP contribution is 2.26. The highest BCUT2D eigenvalue weighted by atomic mass is 16.5. The van der Waals surface area contributed by atoms with Gasteiger partial charge in [0.05, 0.1) is 18.7 Å². The normalized spacial score (nSPS) is 13.6. The molecule has 0 unspecified atom stereocenters. The number of carbonyl (C=O) groups excluding carboxylic acids is 2. The smallest absolute Gasteiger partial charge is 0.338 e. The number of carbonyl (C=O) groups is 2. The summed E-state index contributed by atoms with van der Waals surface area (Å²) in [6.07, 6.45) is 0.603. The lowest BCUT2D eigenvalue weighted by Crippen LogP contribution is -2.41. The Labute approximate surface area is 175 Å². The van der Waals surface area contributed by atoms with Crippen molar-refractivity contribution in [1.29, 1.82) is 0 Å². The summed E-state index contributed by atoms with van der Waals surface area (Å²) in [4.78, 5) is 27.4. The second-order valence-electron chi connectivity index (χ2n) is 7.26. The molecule has 0 fully saturated rings. The molecule has 0 spiro atoms. The van der Waals surface area contributed by atoms with Gasteiger partial charge >= 0.3 is 5.97 Å². The van der Waals surface area contributed by atoms with E-state index in [1.165, 1.54) is 0 Å². The Morgan fingerprint density at radius 2 is 1.77 bits per heavy atom. The first kappa shape index (κ1) is 19.7. The van der Waals surface area contributed by atoms with Crippen molar-refractivity contribution in [2.45, 2.75) is 19.0 Å². The molecule has 0 bridgehead atoms. The summed E-state index contributed by atoms with van der Waals surface area (Å²) in [6, 6.07) is 24.1. The molecule has 1 aliphatic rings. The highest BCUT2D eigenvalue weighted by molar-refractivity contribution is 5.98. The number of fused-ring (bicyclic) bond motifs is 1. The van der Waals surface area contributed by atoms with E-state index >= 15 is 0 Å². The maximum absolute atomic E-state index is 13.0. The number of ether oxygens (including phenoxy) is 2. The maximum Gasteiger partial charge on any atom is 0.338 e. The minimum Gasteiger partial charge on any atom is -0.497 e. The first-order valence-corrected chi connectivity index (χ1v) is 9.89. The van der Waals surface area contributed by atoms with Crippen LogP contribution in [-0.4, -0.2) is 36.5 Å². The summed E-state index contributed by atoms with van der Waals surface area (Å²) in [5, 5.41) is 0. The van der Waals surface area contributed by atoms with Crippen LogP contribution < -0.4 is 4.74 Å². The molecule has 5 nitrogen and oxygen atoms in total. The van der Waals surface area contributed by atoms with Gasteiger partial charge in [0, 0.05) is 12.1 Å². The van der Waals surface area contributed by atoms with Crippen LogP contribution in [0, 0.1) is 0 Å². The van der Waals surface area contributed by atoms with Crippen molar-refractivity contribution in [1.82, 2.24) is 4.90 Å². The Morgan fingerprint density at radius 3 is 2.53 bits per heavy atom. The standard InChI is InChI=1S/C25H23NO4/c1-29-22-12-7-11-19(15-22)25(28)30-17-21(14-18-8-3-2-4-9-18)26-16-20-10-5-6-13-23(20)24(26)27/h2-13,15,21H,14,16-17H2,1H3/t21-/m1/s1. The zero-order chi connectivity index (χ0) is 20.9. The van der Waals surface area contributed by atoms with E-state index in [1.54, 1.807) is 36.3 Å². The second kappa shape index (κ2) is 8.82. The van der Waals surface area contributed by atoms with Gasteiger partial charge in [-0.3, -0.25) is 4.79 Å². The number of rotatable bonds is 7. The van der Waals surface area contributed by atoms with Crippen molar-refractivity contribution in [2.75, 3.05) is 13.7 Å². The van der Waals surface area contributed by atoms with Crippen LogP contribution in [0.4, 0.5) is 0 Å². The molecule has 1 heterocycles. The van der Waals surface area contributed by atoms with E-state index in [1.807, 2.05) is 54.6 Å². The Hall–Kier alpha value is -3.60. The van der Waals surface area contributed by atoms with E-state index < -0.39 is 5.97 Å². The average molecular weight is 401 g/mol. The first-order chi connectivity index (χ1) is 14.7. The van der Waals surface area contributed by atoms with Crippen LogP contribution in [0.15, 0.2) is 78.9 Å². The van der Waals surface area contributed by atoms with Gasteiger partial charge < -0.3 is 14.4 Å². The van der Waals surface area contributed by atoms with Crippen LogP contribution in [0.1, 0.15) is 31.8 Å². The van der Waals surface area contributed by atoms with E-state index in [2.05, 4.69) is 0 Å². The lowest BCUT2D eigenvalue weighted by Gasteiger charge is -2.27. The van der Waals surface area contributed by atoms with E-state index in [-0.39, 0.29) is 18.6 Å². The van der Waals surface area contributed by atoms with Crippen molar-refractivity contribution in [3.8, 4) is 5.75 Å². The summed E-state index contributed by atoms with van der Waals surface area (Å²) < 4.78 is 10.8. The molecule has 152 valence electrons. The Balaban J connectivity index is 1.52. The highest BCUT2D eigenvalue weighted by Gasteiger charge is 2.33. The van der Waals surface area contributed by atoms with Gasteiger partial charge in [0.15, 0.2) is 0 Å². The molecule has 0 radical (unpaired) electrons. The Kier molecular flexibility index (Phi) is 5.80. The van der Waals surface area contributed by atoms with E-state index in [0.717, 1.165) is 16.7 Å². The minimum atomic E-state index is -0.434. The van der Waals surface area contributed by atoms with Gasteiger partial charge in [-0.15, -0.1) is 0 Å². The lowest BCUT2D eigenvalue weighted by molar-refractivity contribution is 0.0321. The number of amides is 1. The van der Waals surface area contributed by atoms with Crippen LogP contribution >= 0.6 is 0 Å². The molecular formula is C25H23NO4. The SMILES string of the molecule is COc1cccc(C(=O)OC[C@@H](Cc2ccccc2)N2Cc3ccccc3C2=O)c1. The third kappa shape index (κ3) is 4.20. The lowest BCUT2D eigenvalue weighted by atomic mass is 10.1. The third-order valence-electron chi connectivity index (χ3n) is 5.32. The summed E-state index contributed by atoms with van der Waals surface area (Å²) in [6.45, 7) is 0.633. The predicted molar refractivity (Wildman–Crippen MR) is 114 cm³/mol. The topological polar surface area (TPSA) is 55.8 Å². The number of esters is 1. The molecular weight excluding hydrogens is 378 g/mol. The summed E-state index contributed by atoms with van der Waals surface area (Å²) in [5.74, 6) is 0.135. The van der Waals surface area contributed by atoms with Crippen molar-refractivity contribution in [3.63, 3.8) is 0 Å². The number of hydrogen-bond acceptors (Lipinski definition) is 4. The fraction of sp³-hybridized carbons (Fsp3) is 0.200. The van der Waals surface area contributed by atoms with Crippen molar-refractivity contribution in [2.24, 2.45) is 0 Å². The van der Waals surface area contributed by atoms with E-state index in [0.29, 0.717) is 24.3 Å². The molecule has 0 N–H and O–H groups in total. The zero-order valence-corrected chi connectivity index (χ0v) is 16.8. The molecule has 0 saturated carbocycles. The van der Waals surface area contributed by atoms with Gasteiger partial charge in [0.2, 0.25) is 0 Å². The minimum absolute atomic E-state index is 0.0241. The van der Waals surface area contributed by atoms with Crippen LogP contribution in [-0.2, 0) is 17.7 Å². The number of hydrogen-bond donors (Lipinski definition) is 0. The fourth-order valence-corrected chi connectivity index (χ4v) is 3.72. The average Bonchev–Trinajstić information content (AvgIpc) is 3.13. The van der Waals surface area contributed by atoms with Crippen molar-refractivity contribution < 1.29 is 19.1 Å². The van der Waals surface area contributed by atoms with Crippen molar-refractivity contribution >= 4 is 11.9 Å². The molecule has 1 aliphatic heterocycles. The molecule has 3 aromatic rings. The maximum atomic E-state index is 13.0. The molecule has 30 heavy (non-hydrogen) atoms. The van der Waals surface area contributed by atoms with Gasteiger partial charge in [0.1, 0.15) is 12.4 Å². The van der Waals surface area contributed by atoms with Gasteiger partial charge in [-0.25, -0.2) is 4.79 Å². The number of benzene rings is 3. The molecule has 3 aromatic carbocycles. The van der Waals surface area contributed by atoms with Gasteiger partial charge in [0.25, 0.3) is 5.91 Å². The zero-order valence-electron chi connectivity index (χ0n) is 16.8. The molecule has 1 amide bonds. The molecule has 0 saturated heterocycles.